The minimum atomic E-state index is -4.69. The first-order valence-corrected chi connectivity index (χ1v) is 14.9. The first-order valence-electron chi connectivity index (χ1n) is 12.3. The van der Waals surface area contributed by atoms with Crippen LogP contribution in [0.15, 0.2) is 80.5 Å². The molecule has 2 heterocycles. The molecule has 2 unspecified atom stereocenters. The van der Waals surface area contributed by atoms with Gasteiger partial charge in [0.15, 0.2) is 0 Å². The first kappa shape index (κ1) is 26.7. The van der Waals surface area contributed by atoms with E-state index in [-0.39, 0.29) is 29.5 Å². The summed E-state index contributed by atoms with van der Waals surface area (Å²) in [5, 5.41) is 8.73. The number of fused-ring (bicyclic) bond motifs is 3. The fraction of sp³-hybridized carbons (Fsp3) is 0.179. The fourth-order valence-corrected chi connectivity index (χ4v) is 7.74. The van der Waals surface area contributed by atoms with Crippen LogP contribution in [-0.4, -0.2) is 36.6 Å². The van der Waals surface area contributed by atoms with E-state index in [0.29, 0.717) is 20.6 Å². The number of hydrogen-bond acceptors (Lipinski definition) is 6. The number of sulfone groups is 1. The summed E-state index contributed by atoms with van der Waals surface area (Å²) < 4.78 is 52.0. The molecule has 2 N–H and O–H groups in total. The zero-order chi connectivity index (χ0) is 28.2. The lowest BCUT2D eigenvalue weighted by molar-refractivity contribution is 0.0963. The Balaban J connectivity index is 1.45. The highest BCUT2D eigenvalue weighted by atomic mass is 79.9. The molecular formula is C28H21BrClFN4O4S. The van der Waals surface area contributed by atoms with Crippen LogP contribution in [0.2, 0.25) is 5.02 Å². The molecule has 1 aliphatic rings. The van der Waals surface area contributed by atoms with Crippen LogP contribution in [0.25, 0.3) is 22.4 Å². The van der Waals surface area contributed by atoms with E-state index in [4.69, 9.17) is 16.0 Å². The van der Waals surface area contributed by atoms with Crippen LogP contribution in [0, 0.1) is 5.92 Å². The number of hydrogen-bond donors (Lipinski definition) is 2. The summed E-state index contributed by atoms with van der Waals surface area (Å²) in [4.78, 5) is 15.0. The first-order chi connectivity index (χ1) is 19.1. The molecule has 1 amide bonds. The number of nitrogens with zero attached hydrogens (tertiary/aromatic N) is 2. The summed E-state index contributed by atoms with van der Waals surface area (Å²) in [5.74, 6) is -2.07. The van der Waals surface area contributed by atoms with Crippen LogP contribution in [0.3, 0.4) is 0 Å². The van der Waals surface area contributed by atoms with Gasteiger partial charge in [-0.1, -0.05) is 33.6 Å². The van der Waals surface area contributed by atoms with Gasteiger partial charge in [0.2, 0.25) is 15.7 Å². The second kappa shape index (κ2) is 9.83. The number of alkyl halides is 1. The van der Waals surface area contributed by atoms with E-state index < -0.39 is 26.6 Å². The number of aromatic amines is 1. The largest absolute Gasteiger partial charge is 0.416 e. The van der Waals surface area contributed by atoms with Crippen molar-refractivity contribution in [2.24, 2.45) is 5.92 Å². The highest BCUT2D eigenvalue weighted by Gasteiger charge is 2.59. The molecule has 0 radical (unpaired) electrons. The third-order valence-corrected chi connectivity index (χ3v) is 10.1. The maximum absolute atomic E-state index is 17.6. The van der Waals surface area contributed by atoms with Crippen LogP contribution in [-0.2, 0) is 27.7 Å². The second-order valence-corrected chi connectivity index (χ2v) is 13.0. The van der Waals surface area contributed by atoms with Crippen LogP contribution in [0.1, 0.15) is 27.5 Å². The third kappa shape index (κ3) is 4.23. The van der Waals surface area contributed by atoms with Gasteiger partial charge in [0, 0.05) is 50.2 Å². The SMILES string of the molecule is CNC(=O)c1ccc(-c2nnc(C(F)(C3Cc4[nH]c5ccc(Cl)cc5c4C3)S(=O)(=O)c3cccc(Br)c3)o2)cc1. The number of carbonyl (C=O) groups excluding carboxylic acids is 1. The van der Waals surface area contributed by atoms with E-state index in [9.17, 15) is 13.2 Å². The molecular weight excluding hydrogens is 623 g/mol. The Morgan fingerprint density at radius 3 is 2.62 bits per heavy atom. The number of amides is 1. The zero-order valence-electron chi connectivity index (χ0n) is 20.9. The third-order valence-electron chi connectivity index (χ3n) is 7.22. The Morgan fingerprint density at radius 2 is 1.90 bits per heavy atom. The Labute approximate surface area is 242 Å². The summed E-state index contributed by atoms with van der Waals surface area (Å²) in [6.07, 6.45) is 0.210. The van der Waals surface area contributed by atoms with Gasteiger partial charge in [-0.2, -0.15) is 0 Å². The van der Waals surface area contributed by atoms with Gasteiger partial charge >= 0.3 is 0 Å². The van der Waals surface area contributed by atoms with Crippen molar-refractivity contribution in [3.63, 3.8) is 0 Å². The molecule has 5 aromatic rings. The topological polar surface area (TPSA) is 118 Å². The number of aromatic nitrogens is 3. The number of H-pyrrole nitrogens is 1. The van der Waals surface area contributed by atoms with Crippen molar-refractivity contribution in [1.82, 2.24) is 20.5 Å². The average molecular weight is 644 g/mol. The Bertz CT molecular complexity index is 1890. The normalized spacial score (nSPS) is 16.6. The molecule has 0 saturated carbocycles. The summed E-state index contributed by atoms with van der Waals surface area (Å²) in [6, 6.07) is 17.5. The Morgan fingerprint density at radius 1 is 1.12 bits per heavy atom. The predicted molar refractivity (Wildman–Crippen MR) is 151 cm³/mol. The van der Waals surface area contributed by atoms with Crippen LogP contribution < -0.4 is 5.32 Å². The number of carbonyl (C=O) groups is 1. The Kier molecular flexibility index (Phi) is 6.55. The molecule has 0 bridgehead atoms. The van der Waals surface area contributed by atoms with Crippen molar-refractivity contribution in [3.8, 4) is 11.5 Å². The summed E-state index contributed by atoms with van der Waals surface area (Å²) in [6.45, 7) is 0. The molecule has 6 rings (SSSR count). The van der Waals surface area contributed by atoms with Gasteiger partial charge in [0.05, 0.1) is 4.90 Å². The van der Waals surface area contributed by atoms with Gasteiger partial charge in [-0.25, -0.2) is 12.8 Å². The van der Waals surface area contributed by atoms with Crippen molar-refractivity contribution >= 4 is 54.2 Å². The molecule has 40 heavy (non-hydrogen) atoms. The van der Waals surface area contributed by atoms with Gasteiger partial charge in [0.1, 0.15) is 0 Å². The number of nitrogens with one attached hydrogen (secondary N) is 2. The molecule has 12 heteroatoms. The minimum absolute atomic E-state index is 0.0707. The predicted octanol–water partition coefficient (Wildman–Crippen LogP) is 6.00. The lowest BCUT2D eigenvalue weighted by Gasteiger charge is -2.28. The lowest BCUT2D eigenvalue weighted by Crippen LogP contribution is -2.40. The zero-order valence-corrected chi connectivity index (χ0v) is 24.1. The van der Waals surface area contributed by atoms with Gasteiger partial charge in [-0.15, -0.1) is 10.2 Å². The van der Waals surface area contributed by atoms with Crippen molar-refractivity contribution in [2.75, 3.05) is 7.05 Å². The molecule has 1 aliphatic carbocycles. The van der Waals surface area contributed by atoms with E-state index in [2.05, 4.69) is 36.4 Å². The maximum Gasteiger partial charge on any atom is 0.294 e. The minimum Gasteiger partial charge on any atom is -0.416 e. The van der Waals surface area contributed by atoms with E-state index >= 15 is 4.39 Å². The Hall–Kier alpha value is -3.54. The van der Waals surface area contributed by atoms with Crippen LogP contribution >= 0.6 is 27.5 Å². The highest BCUT2D eigenvalue weighted by Crippen LogP contribution is 2.50. The van der Waals surface area contributed by atoms with E-state index in [1.54, 1.807) is 42.5 Å². The average Bonchev–Trinajstić information content (AvgIpc) is 3.68. The van der Waals surface area contributed by atoms with Gasteiger partial charge < -0.3 is 14.7 Å². The van der Waals surface area contributed by atoms with Crippen molar-refractivity contribution in [2.45, 2.75) is 22.7 Å². The molecule has 2 aromatic heterocycles. The maximum atomic E-state index is 17.6. The smallest absolute Gasteiger partial charge is 0.294 e. The number of halogens is 3. The molecule has 2 atom stereocenters. The second-order valence-electron chi connectivity index (χ2n) is 9.55. The van der Waals surface area contributed by atoms with Gasteiger partial charge in [-0.3, -0.25) is 4.79 Å². The summed E-state index contributed by atoms with van der Waals surface area (Å²) >= 11 is 9.50. The molecule has 8 nitrogen and oxygen atoms in total. The highest BCUT2D eigenvalue weighted by molar-refractivity contribution is 9.10. The number of rotatable bonds is 6. The van der Waals surface area contributed by atoms with E-state index in [0.717, 1.165) is 22.2 Å². The lowest BCUT2D eigenvalue weighted by atomic mass is 9.98. The van der Waals surface area contributed by atoms with E-state index in [1.165, 1.54) is 25.2 Å². The number of benzene rings is 3. The van der Waals surface area contributed by atoms with Crippen molar-refractivity contribution in [3.05, 3.63) is 98.9 Å². The van der Waals surface area contributed by atoms with Crippen LogP contribution in [0.5, 0.6) is 0 Å². The monoisotopic (exact) mass is 642 g/mol. The standard InChI is InChI=1S/C28H21BrClFN4O4S/c1-32-25(36)15-5-7-16(8-6-15)26-34-35-27(39-26)28(31,40(37,38)20-4-2-3-18(29)13-20)17-11-21-22-14-19(30)9-10-23(22)33-24(21)12-17/h2-10,13-14,17,33H,11-12H2,1H3,(H,32,36). The fourth-order valence-electron chi connectivity index (χ4n) is 5.21. The van der Waals surface area contributed by atoms with E-state index in [1.807, 2.05) is 6.07 Å². The molecule has 0 saturated heterocycles. The molecule has 0 aliphatic heterocycles. The molecule has 0 fully saturated rings. The summed E-state index contributed by atoms with van der Waals surface area (Å²) in [7, 11) is -3.18. The van der Waals surface area contributed by atoms with Gasteiger partial charge in [0.25, 0.3) is 16.8 Å². The summed E-state index contributed by atoms with van der Waals surface area (Å²) in [5.41, 5.74) is 3.19. The molecule has 3 aromatic carbocycles. The molecule has 204 valence electrons. The molecule has 0 spiro atoms. The van der Waals surface area contributed by atoms with Gasteiger partial charge in [-0.05, 0) is 79.1 Å². The van der Waals surface area contributed by atoms with Crippen molar-refractivity contribution < 1.29 is 22.0 Å². The quantitative estimate of drug-likeness (QED) is 0.234. The van der Waals surface area contributed by atoms with Crippen molar-refractivity contribution in [1.29, 1.82) is 0 Å². The van der Waals surface area contributed by atoms with Crippen LogP contribution in [0.4, 0.5) is 4.39 Å².